The van der Waals surface area contributed by atoms with E-state index in [1.54, 1.807) is 0 Å². The molecule has 0 spiro atoms. The van der Waals surface area contributed by atoms with Crippen molar-refractivity contribution in [3.8, 4) is 11.1 Å². The van der Waals surface area contributed by atoms with E-state index < -0.39 is 0 Å². The van der Waals surface area contributed by atoms with Crippen LogP contribution in [-0.2, 0) is 7.05 Å². The number of anilines is 1. The molecule has 0 amide bonds. The highest BCUT2D eigenvalue weighted by Crippen LogP contribution is 2.74. The zero-order valence-corrected chi connectivity index (χ0v) is 13.9. The van der Waals surface area contributed by atoms with Crippen LogP contribution in [0.2, 0.25) is 0 Å². The standard InChI is InChI=1S/C18H25N3/c1-11-8-7-9-12(10-11)13-14(20-21(6)16(13)19)15-17(2,3)18(15,4)5/h7-10,15H,19H2,1-6H3. The molecule has 21 heavy (non-hydrogen) atoms. The van der Waals surface area contributed by atoms with Gasteiger partial charge < -0.3 is 5.73 Å². The fraction of sp³-hybridized carbons (Fsp3) is 0.500. The number of aryl methyl sites for hydroxylation is 2. The molecule has 1 heterocycles. The topological polar surface area (TPSA) is 43.8 Å². The van der Waals surface area contributed by atoms with Gasteiger partial charge in [-0.3, -0.25) is 4.68 Å². The van der Waals surface area contributed by atoms with Crippen LogP contribution in [0.4, 0.5) is 5.82 Å². The SMILES string of the molecule is Cc1cccc(-c2c(C3C(C)(C)C3(C)C)nn(C)c2N)c1. The minimum atomic E-state index is 0.256. The lowest BCUT2D eigenvalue weighted by Gasteiger charge is -2.06. The molecule has 112 valence electrons. The first-order valence-electron chi connectivity index (χ1n) is 7.57. The van der Waals surface area contributed by atoms with Gasteiger partial charge in [-0.2, -0.15) is 5.10 Å². The minimum Gasteiger partial charge on any atom is -0.383 e. The lowest BCUT2D eigenvalue weighted by Crippen LogP contribution is -1.98. The maximum atomic E-state index is 6.33. The lowest BCUT2D eigenvalue weighted by atomic mass is 9.98. The second-order valence-corrected chi connectivity index (χ2v) is 7.51. The van der Waals surface area contributed by atoms with Crippen molar-refractivity contribution in [3.63, 3.8) is 0 Å². The summed E-state index contributed by atoms with van der Waals surface area (Å²) in [5, 5.41) is 4.76. The Kier molecular flexibility index (Phi) is 2.78. The summed E-state index contributed by atoms with van der Waals surface area (Å²) in [4.78, 5) is 0. The van der Waals surface area contributed by atoms with Crippen molar-refractivity contribution in [1.29, 1.82) is 0 Å². The predicted molar refractivity (Wildman–Crippen MR) is 88.1 cm³/mol. The van der Waals surface area contributed by atoms with Crippen LogP contribution >= 0.6 is 0 Å². The molecule has 0 atom stereocenters. The second-order valence-electron chi connectivity index (χ2n) is 7.51. The van der Waals surface area contributed by atoms with E-state index in [1.807, 2.05) is 11.7 Å². The molecular weight excluding hydrogens is 258 g/mol. The van der Waals surface area contributed by atoms with Gasteiger partial charge in [0.15, 0.2) is 0 Å². The molecule has 3 nitrogen and oxygen atoms in total. The summed E-state index contributed by atoms with van der Waals surface area (Å²) in [6.07, 6.45) is 0. The Morgan fingerprint density at radius 1 is 1.14 bits per heavy atom. The van der Waals surface area contributed by atoms with Crippen molar-refractivity contribution in [3.05, 3.63) is 35.5 Å². The van der Waals surface area contributed by atoms with Crippen molar-refractivity contribution in [2.75, 3.05) is 5.73 Å². The van der Waals surface area contributed by atoms with Crippen molar-refractivity contribution in [1.82, 2.24) is 9.78 Å². The predicted octanol–water partition coefficient (Wildman–Crippen LogP) is 4.13. The van der Waals surface area contributed by atoms with Crippen molar-refractivity contribution < 1.29 is 0 Å². The monoisotopic (exact) mass is 283 g/mol. The van der Waals surface area contributed by atoms with Crippen LogP contribution in [0.5, 0.6) is 0 Å². The number of hydrogen-bond acceptors (Lipinski definition) is 2. The van der Waals surface area contributed by atoms with Gasteiger partial charge in [0.1, 0.15) is 5.82 Å². The summed E-state index contributed by atoms with van der Waals surface area (Å²) in [5.74, 6) is 1.21. The smallest absolute Gasteiger partial charge is 0.129 e. The average molecular weight is 283 g/mol. The zero-order valence-electron chi connectivity index (χ0n) is 13.9. The quantitative estimate of drug-likeness (QED) is 0.900. The molecule has 2 aromatic rings. The molecule has 2 N–H and O–H groups in total. The van der Waals surface area contributed by atoms with Crippen LogP contribution < -0.4 is 5.73 Å². The van der Waals surface area contributed by atoms with Gasteiger partial charge in [-0.15, -0.1) is 0 Å². The zero-order chi connectivity index (χ0) is 15.6. The highest BCUT2D eigenvalue weighted by molar-refractivity contribution is 5.78. The summed E-state index contributed by atoms with van der Waals surface area (Å²) >= 11 is 0. The molecule has 3 rings (SSSR count). The molecule has 3 heteroatoms. The van der Waals surface area contributed by atoms with Crippen LogP contribution in [0.3, 0.4) is 0 Å². The summed E-state index contributed by atoms with van der Waals surface area (Å²) in [7, 11) is 1.93. The summed E-state index contributed by atoms with van der Waals surface area (Å²) in [6, 6.07) is 8.52. The molecule has 1 aliphatic rings. The normalized spacial score (nSPS) is 19.7. The number of hydrogen-bond donors (Lipinski definition) is 1. The third kappa shape index (κ3) is 1.83. The molecule has 1 aromatic carbocycles. The van der Waals surface area contributed by atoms with Gasteiger partial charge in [0.2, 0.25) is 0 Å². The molecular formula is C18H25N3. The third-order valence-corrected chi connectivity index (χ3v) is 5.72. The lowest BCUT2D eigenvalue weighted by molar-refractivity contribution is 0.457. The van der Waals surface area contributed by atoms with Gasteiger partial charge in [0.25, 0.3) is 0 Å². The number of rotatable bonds is 2. The summed E-state index contributed by atoms with van der Waals surface area (Å²) in [5.41, 5.74) is 11.5. The largest absolute Gasteiger partial charge is 0.383 e. The first-order chi connectivity index (χ1) is 9.68. The molecule has 1 fully saturated rings. The van der Waals surface area contributed by atoms with Gasteiger partial charge in [-0.25, -0.2) is 0 Å². The number of nitrogen functional groups attached to an aromatic ring is 1. The highest BCUT2D eigenvalue weighted by Gasteiger charge is 2.66. The molecule has 0 saturated heterocycles. The molecule has 0 aliphatic heterocycles. The van der Waals surface area contributed by atoms with E-state index in [9.17, 15) is 0 Å². The van der Waals surface area contributed by atoms with E-state index in [2.05, 4.69) is 58.9 Å². The molecule has 0 radical (unpaired) electrons. The van der Waals surface area contributed by atoms with Gasteiger partial charge in [0, 0.05) is 18.5 Å². The first kappa shape index (κ1) is 14.2. The Balaban J connectivity index is 2.19. The minimum absolute atomic E-state index is 0.256. The van der Waals surface area contributed by atoms with Crippen LogP contribution in [0.25, 0.3) is 11.1 Å². The summed E-state index contributed by atoms with van der Waals surface area (Å²) in [6.45, 7) is 11.4. The maximum Gasteiger partial charge on any atom is 0.129 e. The Bertz CT molecular complexity index is 693. The van der Waals surface area contributed by atoms with Crippen LogP contribution in [0.1, 0.15) is 44.9 Å². The number of aromatic nitrogens is 2. The maximum absolute atomic E-state index is 6.33. The number of benzene rings is 1. The molecule has 1 aliphatic carbocycles. The van der Waals surface area contributed by atoms with E-state index >= 15 is 0 Å². The van der Waals surface area contributed by atoms with Crippen molar-refractivity contribution in [2.45, 2.75) is 40.5 Å². The first-order valence-corrected chi connectivity index (χ1v) is 7.57. The molecule has 1 saturated carbocycles. The Morgan fingerprint density at radius 3 is 2.29 bits per heavy atom. The second kappa shape index (κ2) is 4.12. The van der Waals surface area contributed by atoms with E-state index in [4.69, 9.17) is 10.8 Å². The molecule has 0 bridgehead atoms. The van der Waals surface area contributed by atoms with E-state index in [1.165, 1.54) is 11.1 Å². The van der Waals surface area contributed by atoms with E-state index in [-0.39, 0.29) is 10.8 Å². The molecule has 0 unspecified atom stereocenters. The third-order valence-electron chi connectivity index (χ3n) is 5.72. The van der Waals surface area contributed by atoms with E-state index in [0.29, 0.717) is 5.92 Å². The molecule has 1 aromatic heterocycles. The summed E-state index contributed by atoms with van der Waals surface area (Å²) < 4.78 is 1.82. The fourth-order valence-corrected chi connectivity index (χ4v) is 3.74. The highest BCUT2D eigenvalue weighted by atomic mass is 15.3. The van der Waals surface area contributed by atoms with Gasteiger partial charge in [-0.1, -0.05) is 57.5 Å². The average Bonchev–Trinajstić information content (AvgIpc) is 2.61. The van der Waals surface area contributed by atoms with Crippen molar-refractivity contribution in [2.24, 2.45) is 17.9 Å². The van der Waals surface area contributed by atoms with Crippen LogP contribution in [0, 0.1) is 17.8 Å². The van der Waals surface area contributed by atoms with Gasteiger partial charge in [0.05, 0.1) is 5.69 Å². The Morgan fingerprint density at radius 2 is 1.76 bits per heavy atom. The van der Waals surface area contributed by atoms with Gasteiger partial charge >= 0.3 is 0 Å². The van der Waals surface area contributed by atoms with Crippen LogP contribution in [0.15, 0.2) is 24.3 Å². The number of nitrogens with zero attached hydrogens (tertiary/aromatic N) is 2. The van der Waals surface area contributed by atoms with Crippen molar-refractivity contribution >= 4 is 5.82 Å². The fourth-order valence-electron chi connectivity index (χ4n) is 3.74. The van der Waals surface area contributed by atoms with Gasteiger partial charge in [-0.05, 0) is 23.3 Å². The van der Waals surface area contributed by atoms with E-state index in [0.717, 1.165) is 17.1 Å². The Hall–Kier alpha value is -1.77. The Labute approximate surface area is 127 Å². The number of nitrogens with two attached hydrogens (primary N) is 1. The van der Waals surface area contributed by atoms with Crippen LogP contribution in [-0.4, -0.2) is 9.78 Å².